The maximum absolute atomic E-state index is 13.9. The van der Waals surface area contributed by atoms with Gasteiger partial charge in [-0.1, -0.05) is 51.1 Å². The largest absolute Gasteiger partial charge is 0.318 e. The van der Waals surface area contributed by atoms with Gasteiger partial charge in [-0.25, -0.2) is 8.78 Å². The van der Waals surface area contributed by atoms with Crippen LogP contribution in [0, 0.1) is 18.6 Å². The molecule has 0 fully saturated rings. The van der Waals surface area contributed by atoms with Crippen molar-refractivity contribution in [2.24, 2.45) is 0 Å². The zero-order valence-corrected chi connectivity index (χ0v) is 15.7. The van der Waals surface area contributed by atoms with Gasteiger partial charge in [0.25, 0.3) is 5.91 Å². The summed E-state index contributed by atoms with van der Waals surface area (Å²) >= 11 is 0. The van der Waals surface area contributed by atoms with Gasteiger partial charge >= 0.3 is 0 Å². The third kappa shape index (κ3) is 3.74. The van der Waals surface area contributed by atoms with Crippen molar-refractivity contribution in [3.05, 3.63) is 70.9 Å². The van der Waals surface area contributed by atoms with E-state index >= 15 is 0 Å². The Bertz CT molecular complexity index is 965. The number of hydrogen-bond donors (Lipinski definition) is 2. The molecule has 2 N–H and O–H groups in total. The predicted octanol–water partition coefficient (Wildman–Crippen LogP) is 5.21. The molecule has 0 aliphatic rings. The average Bonchev–Trinajstić information content (AvgIpc) is 2.95. The highest BCUT2D eigenvalue weighted by Crippen LogP contribution is 2.31. The van der Waals surface area contributed by atoms with E-state index in [2.05, 4.69) is 36.3 Å². The maximum Gasteiger partial charge on any atom is 0.261 e. The van der Waals surface area contributed by atoms with Crippen molar-refractivity contribution >= 4 is 11.6 Å². The number of benzene rings is 2. The molecule has 0 saturated carbocycles. The number of hydrogen-bond acceptors (Lipinski definition) is 2. The molecule has 1 aromatic heterocycles. The van der Waals surface area contributed by atoms with Crippen LogP contribution in [-0.4, -0.2) is 16.1 Å². The number of amides is 1. The van der Waals surface area contributed by atoms with E-state index < -0.39 is 23.1 Å². The molecule has 4 nitrogen and oxygen atoms in total. The molecule has 140 valence electrons. The second kappa shape index (κ2) is 6.95. The van der Waals surface area contributed by atoms with Gasteiger partial charge in [-0.05, 0) is 30.0 Å². The molecular weight excluding hydrogens is 348 g/mol. The fraction of sp³-hybridized carbons (Fsp3) is 0.238. The number of H-pyrrole nitrogens is 1. The Morgan fingerprint density at radius 2 is 1.63 bits per heavy atom. The molecule has 0 aliphatic carbocycles. The Balaban J connectivity index is 1.95. The molecule has 0 saturated heterocycles. The topological polar surface area (TPSA) is 57.8 Å². The van der Waals surface area contributed by atoms with Gasteiger partial charge in [0.15, 0.2) is 0 Å². The highest BCUT2D eigenvalue weighted by atomic mass is 19.1. The lowest BCUT2D eigenvalue weighted by atomic mass is 9.86. The van der Waals surface area contributed by atoms with Crippen molar-refractivity contribution in [1.82, 2.24) is 10.2 Å². The van der Waals surface area contributed by atoms with E-state index in [0.29, 0.717) is 17.1 Å². The Hall–Kier alpha value is -3.02. The number of carbonyl (C=O) groups is 1. The fourth-order valence-corrected chi connectivity index (χ4v) is 2.81. The molecule has 3 rings (SSSR count). The van der Waals surface area contributed by atoms with Crippen molar-refractivity contribution in [3.63, 3.8) is 0 Å². The summed E-state index contributed by atoms with van der Waals surface area (Å²) in [5.41, 5.74) is 2.85. The summed E-state index contributed by atoms with van der Waals surface area (Å²) in [6.07, 6.45) is 0. The normalized spacial score (nSPS) is 11.5. The van der Waals surface area contributed by atoms with Gasteiger partial charge in [0, 0.05) is 5.56 Å². The summed E-state index contributed by atoms with van der Waals surface area (Å²) in [7, 11) is 0. The number of carbonyl (C=O) groups excluding carboxylic acids is 1. The number of nitrogens with one attached hydrogen (secondary N) is 2. The third-order valence-electron chi connectivity index (χ3n) is 4.40. The first-order chi connectivity index (χ1) is 12.7. The lowest BCUT2D eigenvalue weighted by Gasteiger charge is -2.19. The summed E-state index contributed by atoms with van der Waals surface area (Å²) in [6, 6.07) is 11.1. The van der Waals surface area contributed by atoms with Crippen molar-refractivity contribution < 1.29 is 13.6 Å². The van der Waals surface area contributed by atoms with Crippen molar-refractivity contribution in [2.45, 2.75) is 33.1 Å². The van der Waals surface area contributed by atoms with Gasteiger partial charge in [-0.3, -0.25) is 9.89 Å². The van der Waals surface area contributed by atoms with E-state index in [1.807, 2.05) is 24.3 Å². The van der Waals surface area contributed by atoms with Crippen LogP contribution in [0.25, 0.3) is 11.3 Å². The summed E-state index contributed by atoms with van der Waals surface area (Å²) in [5.74, 6) is -2.68. The molecule has 6 heteroatoms. The van der Waals surface area contributed by atoms with Crippen LogP contribution in [0.1, 0.15) is 42.4 Å². The van der Waals surface area contributed by atoms with Gasteiger partial charge in [-0.15, -0.1) is 0 Å². The number of aryl methyl sites for hydroxylation is 1. The van der Waals surface area contributed by atoms with Crippen LogP contribution in [-0.2, 0) is 5.41 Å². The van der Waals surface area contributed by atoms with E-state index in [-0.39, 0.29) is 5.41 Å². The van der Waals surface area contributed by atoms with Crippen LogP contribution in [0.15, 0.2) is 42.5 Å². The number of aromatic nitrogens is 2. The summed E-state index contributed by atoms with van der Waals surface area (Å²) in [5, 5.41) is 9.64. The third-order valence-corrected chi connectivity index (χ3v) is 4.40. The number of aromatic amines is 1. The SMILES string of the molecule is Cc1[nH]nc(-c2ccc(C(C)(C)C)cc2)c1NC(=O)c1c(F)cccc1F. The second-order valence-corrected chi connectivity index (χ2v) is 7.45. The highest BCUT2D eigenvalue weighted by molar-refractivity contribution is 6.06. The standard InChI is InChI=1S/C21H21F2N3O/c1-12-18(24-20(27)17-15(22)6-5-7-16(17)23)19(26-25-12)13-8-10-14(11-9-13)21(2,3)4/h5-11H,1-4H3,(H,24,27)(H,25,26). The van der Waals surface area contributed by atoms with Gasteiger partial charge in [0.05, 0.1) is 11.4 Å². The molecule has 0 spiro atoms. The smallest absolute Gasteiger partial charge is 0.261 e. The molecule has 1 amide bonds. The van der Waals surface area contributed by atoms with Crippen LogP contribution < -0.4 is 5.32 Å². The first-order valence-electron chi connectivity index (χ1n) is 8.59. The Morgan fingerprint density at radius 1 is 1.04 bits per heavy atom. The number of anilines is 1. The van der Waals surface area contributed by atoms with Gasteiger partial charge in [0.1, 0.15) is 22.9 Å². The molecule has 0 bridgehead atoms. The lowest BCUT2D eigenvalue weighted by Crippen LogP contribution is -2.16. The van der Waals surface area contributed by atoms with E-state index in [1.54, 1.807) is 6.92 Å². The van der Waals surface area contributed by atoms with Crippen LogP contribution in [0.2, 0.25) is 0 Å². The van der Waals surface area contributed by atoms with E-state index in [1.165, 1.54) is 6.07 Å². The molecule has 1 heterocycles. The van der Waals surface area contributed by atoms with E-state index in [4.69, 9.17) is 0 Å². The summed E-state index contributed by atoms with van der Waals surface area (Å²) in [6.45, 7) is 8.09. The van der Waals surface area contributed by atoms with Crippen LogP contribution in [0.4, 0.5) is 14.5 Å². The van der Waals surface area contributed by atoms with Crippen molar-refractivity contribution in [3.8, 4) is 11.3 Å². The van der Waals surface area contributed by atoms with Gasteiger partial charge in [0.2, 0.25) is 0 Å². The molecule has 0 atom stereocenters. The monoisotopic (exact) mass is 369 g/mol. The fourth-order valence-electron chi connectivity index (χ4n) is 2.81. The van der Waals surface area contributed by atoms with E-state index in [9.17, 15) is 13.6 Å². The zero-order valence-electron chi connectivity index (χ0n) is 15.7. The van der Waals surface area contributed by atoms with Crippen molar-refractivity contribution in [2.75, 3.05) is 5.32 Å². The average molecular weight is 369 g/mol. The minimum Gasteiger partial charge on any atom is -0.318 e. The van der Waals surface area contributed by atoms with E-state index in [0.717, 1.165) is 23.3 Å². The Morgan fingerprint density at radius 3 is 2.19 bits per heavy atom. The number of nitrogens with zero attached hydrogens (tertiary/aromatic N) is 1. The van der Waals surface area contributed by atoms with Crippen molar-refractivity contribution in [1.29, 1.82) is 0 Å². The van der Waals surface area contributed by atoms with Crippen LogP contribution >= 0.6 is 0 Å². The molecular formula is C21H21F2N3O. The molecule has 0 radical (unpaired) electrons. The summed E-state index contributed by atoms with van der Waals surface area (Å²) < 4.78 is 27.8. The molecule has 27 heavy (non-hydrogen) atoms. The molecule has 2 aromatic carbocycles. The number of halogens is 2. The lowest BCUT2D eigenvalue weighted by molar-refractivity contribution is 0.101. The van der Waals surface area contributed by atoms with Gasteiger partial charge < -0.3 is 5.32 Å². The molecule has 3 aromatic rings. The molecule has 0 aliphatic heterocycles. The second-order valence-electron chi connectivity index (χ2n) is 7.45. The minimum absolute atomic E-state index is 0.0133. The van der Waals surface area contributed by atoms with Crippen LogP contribution in [0.5, 0.6) is 0 Å². The Labute approximate surface area is 156 Å². The molecule has 0 unspecified atom stereocenters. The minimum atomic E-state index is -0.912. The number of rotatable bonds is 3. The van der Waals surface area contributed by atoms with Crippen LogP contribution in [0.3, 0.4) is 0 Å². The maximum atomic E-state index is 13.9. The predicted molar refractivity (Wildman–Crippen MR) is 102 cm³/mol. The Kier molecular flexibility index (Phi) is 4.83. The van der Waals surface area contributed by atoms with Gasteiger partial charge in [-0.2, -0.15) is 5.10 Å². The summed E-state index contributed by atoms with van der Waals surface area (Å²) in [4.78, 5) is 12.4. The quantitative estimate of drug-likeness (QED) is 0.665. The highest BCUT2D eigenvalue weighted by Gasteiger charge is 2.21. The first kappa shape index (κ1) is 18.8. The zero-order chi connectivity index (χ0) is 19.8. The first-order valence-corrected chi connectivity index (χ1v) is 8.59.